The van der Waals surface area contributed by atoms with E-state index in [1.165, 1.54) is 7.11 Å². The number of esters is 1. The summed E-state index contributed by atoms with van der Waals surface area (Å²) >= 11 is 0. The molecule has 0 heterocycles. The Kier molecular flexibility index (Phi) is 2.06. The highest BCUT2D eigenvalue weighted by molar-refractivity contribution is 5.83. The maximum Gasteiger partial charge on any atom is 0.310 e. The van der Waals surface area contributed by atoms with Crippen LogP contribution in [0, 0.1) is 23.7 Å². The molecule has 4 atom stereocenters. The first-order valence-electron chi connectivity index (χ1n) is 4.64. The van der Waals surface area contributed by atoms with Crippen molar-refractivity contribution in [2.24, 2.45) is 23.7 Å². The minimum atomic E-state index is -0.891. The molecule has 0 unspecified atom stereocenters. The zero-order valence-corrected chi connectivity index (χ0v) is 7.84. The molecule has 0 aromatic heterocycles. The van der Waals surface area contributed by atoms with Gasteiger partial charge in [0.1, 0.15) is 0 Å². The predicted molar refractivity (Wildman–Crippen MR) is 47.4 cm³/mol. The van der Waals surface area contributed by atoms with Gasteiger partial charge < -0.3 is 9.84 Å². The number of carbonyl (C=O) groups excluding carboxylic acids is 1. The first-order chi connectivity index (χ1) is 6.65. The van der Waals surface area contributed by atoms with Crippen molar-refractivity contribution in [3.05, 3.63) is 12.2 Å². The Morgan fingerprint density at radius 2 is 1.86 bits per heavy atom. The number of carboxylic acid groups (broad SMARTS) is 1. The molecule has 76 valence electrons. The Labute approximate surface area is 81.6 Å². The molecule has 0 radical (unpaired) electrons. The number of aliphatic carboxylic acids is 1. The predicted octanol–water partition coefficient (Wildman–Crippen LogP) is 0.682. The summed E-state index contributed by atoms with van der Waals surface area (Å²) in [6.45, 7) is 0. The Morgan fingerprint density at radius 1 is 1.29 bits per heavy atom. The van der Waals surface area contributed by atoms with Gasteiger partial charge in [-0.15, -0.1) is 0 Å². The molecule has 0 amide bonds. The molecule has 1 fully saturated rings. The topological polar surface area (TPSA) is 63.6 Å². The quantitative estimate of drug-likeness (QED) is 0.521. The van der Waals surface area contributed by atoms with E-state index in [1.54, 1.807) is 0 Å². The van der Waals surface area contributed by atoms with Crippen molar-refractivity contribution in [1.29, 1.82) is 0 Å². The van der Waals surface area contributed by atoms with Crippen LogP contribution in [-0.4, -0.2) is 24.2 Å². The van der Waals surface area contributed by atoms with E-state index >= 15 is 0 Å². The fraction of sp³-hybridized carbons (Fsp3) is 0.600. The van der Waals surface area contributed by atoms with Gasteiger partial charge in [0.25, 0.3) is 0 Å². The molecule has 0 saturated heterocycles. The Hall–Kier alpha value is -1.32. The van der Waals surface area contributed by atoms with Gasteiger partial charge in [-0.3, -0.25) is 9.59 Å². The second-order valence-electron chi connectivity index (χ2n) is 3.86. The number of carboxylic acids is 1. The molecule has 1 N–H and O–H groups in total. The van der Waals surface area contributed by atoms with Crippen LogP contribution in [0.5, 0.6) is 0 Å². The van der Waals surface area contributed by atoms with Crippen molar-refractivity contribution < 1.29 is 19.4 Å². The lowest BCUT2D eigenvalue weighted by molar-refractivity contribution is -0.156. The largest absolute Gasteiger partial charge is 0.481 e. The molecule has 0 aromatic rings. The normalized spacial score (nSPS) is 38.6. The number of hydrogen-bond acceptors (Lipinski definition) is 3. The fourth-order valence-electron chi connectivity index (χ4n) is 2.62. The number of carbonyl (C=O) groups is 2. The lowest BCUT2D eigenvalue weighted by Gasteiger charge is -2.21. The Balaban J connectivity index is 2.26. The Morgan fingerprint density at radius 3 is 2.36 bits per heavy atom. The van der Waals surface area contributed by atoms with E-state index in [1.807, 2.05) is 12.2 Å². The third-order valence-electron chi connectivity index (χ3n) is 3.22. The lowest BCUT2D eigenvalue weighted by Crippen LogP contribution is -2.33. The molecule has 1 saturated carbocycles. The maximum atomic E-state index is 11.4. The van der Waals surface area contributed by atoms with Crippen LogP contribution in [0.4, 0.5) is 0 Å². The van der Waals surface area contributed by atoms with E-state index < -0.39 is 23.8 Å². The van der Waals surface area contributed by atoms with Crippen molar-refractivity contribution in [3.8, 4) is 0 Å². The van der Waals surface area contributed by atoms with Crippen LogP contribution in [0.3, 0.4) is 0 Å². The van der Waals surface area contributed by atoms with Crippen LogP contribution in [0.2, 0.25) is 0 Å². The third kappa shape index (κ3) is 1.14. The van der Waals surface area contributed by atoms with Gasteiger partial charge in [0.15, 0.2) is 0 Å². The lowest BCUT2D eigenvalue weighted by atomic mass is 9.83. The monoisotopic (exact) mass is 196 g/mol. The summed E-state index contributed by atoms with van der Waals surface area (Å²) in [5.41, 5.74) is 0. The average Bonchev–Trinajstić information content (AvgIpc) is 2.74. The van der Waals surface area contributed by atoms with E-state index in [2.05, 4.69) is 4.74 Å². The van der Waals surface area contributed by atoms with Gasteiger partial charge in [-0.2, -0.15) is 0 Å². The van der Waals surface area contributed by atoms with Gasteiger partial charge in [-0.05, 0) is 18.3 Å². The van der Waals surface area contributed by atoms with Crippen molar-refractivity contribution in [2.75, 3.05) is 7.11 Å². The van der Waals surface area contributed by atoms with E-state index in [0.29, 0.717) is 0 Å². The number of methoxy groups -OCH3 is 1. The summed E-state index contributed by atoms with van der Waals surface area (Å²) in [6.07, 6.45) is 4.62. The molecule has 2 bridgehead atoms. The Bertz CT molecular complexity index is 307. The SMILES string of the molecule is COC(=O)[C@@H]1[C@@H](C(=O)O)[C@@H]2C=C[C@H]1C2. The van der Waals surface area contributed by atoms with E-state index in [0.717, 1.165) is 6.42 Å². The molecular formula is C10H12O4. The molecule has 2 aliphatic carbocycles. The summed E-state index contributed by atoms with van der Waals surface area (Å²) in [5.74, 6) is -2.27. The second kappa shape index (κ2) is 3.12. The summed E-state index contributed by atoms with van der Waals surface area (Å²) in [4.78, 5) is 22.4. The van der Waals surface area contributed by atoms with Crippen LogP contribution >= 0.6 is 0 Å². The smallest absolute Gasteiger partial charge is 0.310 e. The zero-order chi connectivity index (χ0) is 10.3. The number of allylic oxidation sites excluding steroid dienone is 2. The van der Waals surface area contributed by atoms with Crippen LogP contribution in [0.15, 0.2) is 12.2 Å². The first kappa shape index (κ1) is 9.24. The maximum absolute atomic E-state index is 11.4. The van der Waals surface area contributed by atoms with Crippen LogP contribution in [0.1, 0.15) is 6.42 Å². The van der Waals surface area contributed by atoms with Gasteiger partial charge in [-0.1, -0.05) is 12.2 Å². The summed E-state index contributed by atoms with van der Waals surface area (Å²) < 4.78 is 4.63. The van der Waals surface area contributed by atoms with Gasteiger partial charge in [0.05, 0.1) is 18.9 Å². The molecule has 0 aliphatic heterocycles. The highest BCUT2D eigenvalue weighted by Gasteiger charge is 2.52. The molecule has 0 aromatic carbocycles. The van der Waals surface area contributed by atoms with Crippen molar-refractivity contribution in [3.63, 3.8) is 0 Å². The van der Waals surface area contributed by atoms with Crippen molar-refractivity contribution >= 4 is 11.9 Å². The number of rotatable bonds is 2. The molecule has 0 spiro atoms. The molecule has 14 heavy (non-hydrogen) atoms. The number of ether oxygens (including phenoxy) is 1. The van der Waals surface area contributed by atoms with Crippen LogP contribution in [0.25, 0.3) is 0 Å². The molecular weight excluding hydrogens is 184 g/mol. The summed E-state index contributed by atoms with van der Waals surface area (Å²) in [5, 5.41) is 9.01. The number of fused-ring (bicyclic) bond motifs is 2. The molecule has 4 nitrogen and oxygen atoms in total. The third-order valence-corrected chi connectivity index (χ3v) is 3.22. The minimum absolute atomic E-state index is 0.0154. The standard InChI is InChI=1S/C10H12O4/c1-14-10(13)8-6-3-2-5(4-6)7(8)9(11)12/h2-3,5-8H,4H2,1H3,(H,11,12)/t5-,6+,7+,8+/m1/s1. The minimum Gasteiger partial charge on any atom is -0.481 e. The van der Waals surface area contributed by atoms with Crippen molar-refractivity contribution in [1.82, 2.24) is 0 Å². The second-order valence-corrected chi connectivity index (χ2v) is 3.86. The fourth-order valence-corrected chi connectivity index (χ4v) is 2.62. The summed E-state index contributed by atoms with van der Waals surface area (Å²) in [6, 6.07) is 0. The number of hydrogen-bond donors (Lipinski definition) is 1. The van der Waals surface area contributed by atoms with Gasteiger partial charge in [0.2, 0.25) is 0 Å². The van der Waals surface area contributed by atoms with Gasteiger partial charge in [-0.25, -0.2) is 0 Å². The van der Waals surface area contributed by atoms with Crippen LogP contribution < -0.4 is 0 Å². The van der Waals surface area contributed by atoms with Crippen LogP contribution in [-0.2, 0) is 14.3 Å². The molecule has 2 rings (SSSR count). The van der Waals surface area contributed by atoms with E-state index in [9.17, 15) is 9.59 Å². The zero-order valence-electron chi connectivity index (χ0n) is 7.84. The highest BCUT2D eigenvalue weighted by Crippen LogP contribution is 2.48. The molecule has 2 aliphatic rings. The van der Waals surface area contributed by atoms with E-state index in [-0.39, 0.29) is 11.8 Å². The highest BCUT2D eigenvalue weighted by atomic mass is 16.5. The average molecular weight is 196 g/mol. The van der Waals surface area contributed by atoms with E-state index in [4.69, 9.17) is 5.11 Å². The molecule has 4 heteroatoms. The summed E-state index contributed by atoms with van der Waals surface area (Å²) in [7, 11) is 1.30. The van der Waals surface area contributed by atoms with Crippen molar-refractivity contribution in [2.45, 2.75) is 6.42 Å². The van der Waals surface area contributed by atoms with Gasteiger partial charge >= 0.3 is 11.9 Å². The first-order valence-corrected chi connectivity index (χ1v) is 4.64. The van der Waals surface area contributed by atoms with Gasteiger partial charge in [0, 0.05) is 0 Å².